The van der Waals surface area contributed by atoms with Crippen molar-refractivity contribution in [2.75, 3.05) is 32.7 Å². The van der Waals surface area contributed by atoms with E-state index in [0.717, 1.165) is 5.56 Å². The molecule has 0 radical (unpaired) electrons. The highest BCUT2D eigenvalue weighted by atomic mass is 35.5. The van der Waals surface area contributed by atoms with Crippen LogP contribution in [0.5, 0.6) is 0 Å². The van der Waals surface area contributed by atoms with Crippen LogP contribution in [0.1, 0.15) is 22.3 Å². The number of likely N-dealkylation sites (tertiary alicyclic amines) is 1. The van der Waals surface area contributed by atoms with Gasteiger partial charge in [-0.3, -0.25) is 14.4 Å². The molecule has 2 aliphatic heterocycles. The lowest BCUT2D eigenvalue weighted by molar-refractivity contribution is -0.137. The summed E-state index contributed by atoms with van der Waals surface area (Å²) >= 11 is 6.01. The zero-order chi connectivity index (χ0) is 22.0. The molecule has 1 unspecified atom stereocenters. The molecule has 2 aromatic rings. The van der Waals surface area contributed by atoms with E-state index in [0.29, 0.717) is 39.3 Å². The quantitative estimate of drug-likeness (QED) is 0.730. The van der Waals surface area contributed by atoms with Crippen molar-refractivity contribution < 1.29 is 18.8 Å². The molecule has 162 valence electrons. The van der Waals surface area contributed by atoms with Gasteiger partial charge in [-0.15, -0.1) is 0 Å². The van der Waals surface area contributed by atoms with Gasteiger partial charge in [0.1, 0.15) is 5.82 Å². The highest BCUT2D eigenvalue weighted by Crippen LogP contribution is 2.24. The second kappa shape index (κ2) is 9.06. The Kier molecular flexibility index (Phi) is 6.23. The van der Waals surface area contributed by atoms with Gasteiger partial charge in [0.25, 0.3) is 5.91 Å². The van der Waals surface area contributed by atoms with Crippen molar-refractivity contribution >= 4 is 29.3 Å². The van der Waals surface area contributed by atoms with Gasteiger partial charge in [0.15, 0.2) is 0 Å². The fourth-order valence-electron chi connectivity index (χ4n) is 4.14. The molecule has 0 spiro atoms. The van der Waals surface area contributed by atoms with Crippen molar-refractivity contribution in [2.24, 2.45) is 5.92 Å². The van der Waals surface area contributed by atoms with E-state index in [1.807, 2.05) is 30.3 Å². The summed E-state index contributed by atoms with van der Waals surface area (Å²) in [6, 6.07) is 13.8. The lowest BCUT2D eigenvalue weighted by atomic mass is 10.1. The largest absolute Gasteiger partial charge is 0.339 e. The number of amides is 3. The summed E-state index contributed by atoms with van der Waals surface area (Å²) in [6.45, 7) is 2.18. The van der Waals surface area contributed by atoms with Crippen LogP contribution in [-0.2, 0) is 16.1 Å². The van der Waals surface area contributed by atoms with Crippen LogP contribution >= 0.6 is 11.6 Å². The van der Waals surface area contributed by atoms with Gasteiger partial charge in [-0.05, 0) is 17.7 Å². The molecule has 31 heavy (non-hydrogen) atoms. The van der Waals surface area contributed by atoms with Crippen LogP contribution in [-0.4, -0.2) is 65.1 Å². The third-order valence-electron chi connectivity index (χ3n) is 5.84. The van der Waals surface area contributed by atoms with Gasteiger partial charge in [0.05, 0.1) is 16.5 Å². The Morgan fingerprint density at radius 1 is 0.968 bits per heavy atom. The summed E-state index contributed by atoms with van der Waals surface area (Å²) in [5.74, 6) is -1.59. The molecule has 2 fully saturated rings. The maximum Gasteiger partial charge on any atom is 0.258 e. The molecule has 6 nitrogen and oxygen atoms in total. The first-order valence-electron chi connectivity index (χ1n) is 10.3. The Balaban J connectivity index is 1.33. The van der Waals surface area contributed by atoms with E-state index in [9.17, 15) is 18.8 Å². The van der Waals surface area contributed by atoms with Crippen molar-refractivity contribution in [1.29, 1.82) is 0 Å². The molecule has 8 heteroatoms. The average molecular weight is 444 g/mol. The van der Waals surface area contributed by atoms with Gasteiger partial charge < -0.3 is 14.7 Å². The molecule has 2 aliphatic rings. The molecule has 2 saturated heterocycles. The minimum absolute atomic E-state index is 0.0230. The minimum Gasteiger partial charge on any atom is -0.339 e. The molecule has 0 aliphatic carbocycles. The molecule has 0 saturated carbocycles. The van der Waals surface area contributed by atoms with Crippen molar-refractivity contribution in [2.45, 2.75) is 13.0 Å². The molecule has 0 bridgehead atoms. The maximum absolute atomic E-state index is 14.1. The number of benzene rings is 2. The topological polar surface area (TPSA) is 60.9 Å². The normalized spacial score (nSPS) is 19.1. The Labute approximate surface area is 185 Å². The van der Waals surface area contributed by atoms with Gasteiger partial charge in [0.2, 0.25) is 11.8 Å². The Morgan fingerprint density at radius 2 is 1.65 bits per heavy atom. The molecule has 4 rings (SSSR count). The number of nitrogens with zero attached hydrogens (tertiary/aromatic N) is 3. The summed E-state index contributed by atoms with van der Waals surface area (Å²) in [6.07, 6.45) is 0.204. The van der Waals surface area contributed by atoms with Crippen LogP contribution in [0.3, 0.4) is 0 Å². The summed E-state index contributed by atoms with van der Waals surface area (Å²) < 4.78 is 14.1. The molecule has 0 aromatic heterocycles. The highest BCUT2D eigenvalue weighted by molar-refractivity contribution is 6.33. The molecular formula is C23H23ClFN3O3. The molecule has 0 N–H and O–H groups in total. The zero-order valence-corrected chi connectivity index (χ0v) is 17.7. The van der Waals surface area contributed by atoms with Crippen LogP contribution in [0.25, 0.3) is 0 Å². The Hall–Kier alpha value is -2.93. The first kappa shape index (κ1) is 21.3. The van der Waals surface area contributed by atoms with Crippen LogP contribution in [0, 0.1) is 11.7 Å². The summed E-state index contributed by atoms with van der Waals surface area (Å²) in [5, 5.41) is 0.0754. The van der Waals surface area contributed by atoms with E-state index in [1.54, 1.807) is 9.80 Å². The standard InChI is InChI=1S/C23H23ClFN3O3/c24-18-7-4-8-19(25)21(18)23(31)27-11-9-26(10-12-27)22(30)17-13-20(29)28(15-17)14-16-5-2-1-3-6-16/h1-8,17H,9-15H2. The van der Waals surface area contributed by atoms with Crippen molar-refractivity contribution in [3.63, 3.8) is 0 Å². The van der Waals surface area contributed by atoms with Crippen molar-refractivity contribution in [1.82, 2.24) is 14.7 Å². The molecule has 1 atom stereocenters. The van der Waals surface area contributed by atoms with E-state index in [-0.39, 0.29) is 34.7 Å². The van der Waals surface area contributed by atoms with Crippen LogP contribution < -0.4 is 0 Å². The van der Waals surface area contributed by atoms with Gasteiger partial charge in [-0.2, -0.15) is 0 Å². The van der Waals surface area contributed by atoms with E-state index >= 15 is 0 Å². The number of halogens is 2. The van der Waals surface area contributed by atoms with Crippen molar-refractivity contribution in [3.8, 4) is 0 Å². The third kappa shape index (κ3) is 4.56. The summed E-state index contributed by atoms with van der Waals surface area (Å²) in [7, 11) is 0. The first-order chi connectivity index (χ1) is 14.9. The lowest BCUT2D eigenvalue weighted by Gasteiger charge is -2.36. The predicted octanol–water partition coefficient (Wildman–Crippen LogP) is 2.81. The maximum atomic E-state index is 14.1. The second-order valence-electron chi connectivity index (χ2n) is 7.88. The smallest absolute Gasteiger partial charge is 0.258 e. The number of piperazine rings is 1. The van der Waals surface area contributed by atoms with E-state index in [4.69, 9.17) is 11.6 Å². The van der Waals surface area contributed by atoms with Crippen LogP contribution in [0.4, 0.5) is 4.39 Å². The SMILES string of the molecule is O=C1CC(C(=O)N2CCN(C(=O)c3c(F)cccc3Cl)CC2)CN1Cc1ccccc1. The number of hydrogen-bond acceptors (Lipinski definition) is 3. The summed E-state index contributed by atoms with van der Waals surface area (Å²) in [5.41, 5.74) is 0.893. The molecule has 2 aromatic carbocycles. The van der Waals surface area contributed by atoms with Crippen LogP contribution in [0.15, 0.2) is 48.5 Å². The number of hydrogen-bond donors (Lipinski definition) is 0. The van der Waals surface area contributed by atoms with Crippen LogP contribution in [0.2, 0.25) is 5.02 Å². The fraction of sp³-hybridized carbons (Fsp3) is 0.348. The lowest BCUT2D eigenvalue weighted by Crippen LogP contribution is -2.52. The minimum atomic E-state index is -0.654. The van der Waals surface area contributed by atoms with Gasteiger partial charge >= 0.3 is 0 Å². The number of carbonyl (C=O) groups is 3. The Morgan fingerprint density at radius 3 is 2.32 bits per heavy atom. The van der Waals surface area contributed by atoms with Gasteiger partial charge in [-0.1, -0.05) is 48.0 Å². The predicted molar refractivity (Wildman–Crippen MR) is 114 cm³/mol. The number of rotatable bonds is 4. The zero-order valence-electron chi connectivity index (χ0n) is 17.0. The fourth-order valence-corrected chi connectivity index (χ4v) is 4.39. The second-order valence-corrected chi connectivity index (χ2v) is 8.28. The van der Waals surface area contributed by atoms with E-state index in [1.165, 1.54) is 23.1 Å². The van der Waals surface area contributed by atoms with Gasteiger partial charge in [0, 0.05) is 45.7 Å². The third-order valence-corrected chi connectivity index (χ3v) is 6.15. The van der Waals surface area contributed by atoms with E-state index < -0.39 is 11.7 Å². The molecule has 3 amide bonds. The molecular weight excluding hydrogens is 421 g/mol. The van der Waals surface area contributed by atoms with E-state index in [2.05, 4.69) is 0 Å². The monoisotopic (exact) mass is 443 g/mol. The average Bonchev–Trinajstić information content (AvgIpc) is 3.14. The molecule has 2 heterocycles. The Bertz CT molecular complexity index is 973. The first-order valence-corrected chi connectivity index (χ1v) is 10.7. The van der Waals surface area contributed by atoms with Gasteiger partial charge in [-0.25, -0.2) is 4.39 Å². The summed E-state index contributed by atoms with van der Waals surface area (Å²) in [4.78, 5) is 43.0. The van der Waals surface area contributed by atoms with Crippen molar-refractivity contribution in [3.05, 3.63) is 70.5 Å². The number of carbonyl (C=O) groups excluding carboxylic acids is 3. The highest BCUT2D eigenvalue weighted by Gasteiger charge is 2.37.